The summed E-state index contributed by atoms with van der Waals surface area (Å²) in [5, 5.41) is 0.370. The van der Waals surface area contributed by atoms with Crippen molar-refractivity contribution in [2.24, 2.45) is 0 Å². The molecule has 0 aliphatic heterocycles. The number of anilines is 1. The molecule has 0 saturated carbocycles. The lowest BCUT2D eigenvalue weighted by molar-refractivity contribution is 0.102. The molecule has 1 aromatic carbocycles. The first kappa shape index (κ1) is 22.3. The van der Waals surface area contributed by atoms with Crippen molar-refractivity contribution in [1.29, 1.82) is 0 Å². The molecule has 3 rings (SSSR count). The first-order valence-corrected chi connectivity index (χ1v) is 11.5. The molecule has 0 radical (unpaired) electrons. The van der Waals surface area contributed by atoms with Crippen LogP contribution in [0.4, 0.5) is 5.82 Å². The summed E-state index contributed by atoms with van der Waals surface area (Å²) >= 11 is 13.0. The first-order valence-electron chi connectivity index (χ1n) is 8.25. The molecule has 0 unspecified atom stereocenters. The van der Waals surface area contributed by atoms with Crippen LogP contribution < -0.4 is 9.46 Å². The average molecular weight is 485 g/mol. The maximum absolute atomic E-state index is 12.7. The van der Waals surface area contributed by atoms with Crippen LogP contribution in [-0.2, 0) is 10.0 Å². The highest BCUT2D eigenvalue weighted by Crippen LogP contribution is 2.31. The van der Waals surface area contributed by atoms with E-state index in [2.05, 4.69) is 19.7 Å². The number of benzene rings is 1. The molecule has 0 aliphatic rings. The van der Waals surface area contributed by atoms with Crippen LogP contribution in [0.15, 0.2) is 58.8 Å². The number of thioether (sulfide) groups is 1. The van der Waals surface area contributed by atoms with Crippen LogP contribution in [0.3, 0.4) is 0 Å². The fraction of sp³-hybridized carbons (Fsp3) is 0.111. The van der Waals surface area contributed by atoms with Crippen LogP contribution in [0.25, 0.3) is 0 Å². The Morgan fingerprint density at radius 1 is 1.20 bits per heavy atom. The highest BCUT2D eigenvalue weighted by Gasteiger charge is 2.23. The molecule has 0 spiro atoms. The Labute approximate surface area is 187 Å². The predicted molar refractivity (Wildman–Crippen MR) is 115 cm³/mol. The Morgan fingerprint density at radius 3 is 2.70 bits per heavy atom. The van der Waals surface area contributed by atoms with Gasteiger partial charge >= 0.3 is 0 Å². The van der Waals surface area contributed by atoms with E-state index in [0.717, 1.165) is 11.8 Å². The first-order chi connectivity index (χ1) is 14.3. The van der Waals surface area contributed by atoms with Gasteiger partial charge in [-0.3, -0.25) is 14.5 Å². The van der Waals surface area contributed by atoms with E-state index in [9.17, 15) is 13.2 Å². The second-order valence-electron chi connectivity index (χ2n) is 5.68. The lowest BCUT2D eigenvalue weighted by atomic mass is 10.2. The van der Waals surface area contributed by atoms with Crippen LogP contribution in [-0.4, -0.2) is 42.0 Å². The number of ether oxygens (including phenoxy) is 1. The minimum absolute atomic E-state index is 0.0597. The summed E-state index contributed by atoms with van der Waals surface area (Å²) in [5.74, 6) is -0.214. The van der Waals surface area contributed by atoms with Gasteiger partial charge in [-0.05, 0) is 24.3 Å². The number of methoxy groups -OCH3 is 1. The Bertz CT molecular complexity index is 1180. The van der Waals surface area contributed by atoms with Crippen LogP contribution >= 0.6 is 35.0 Å². The molecule has 0 bridgehead atoms. The summed E-state index contributed by atoms with van der Waals surface area (Å²) in [6.45, 7) is 0. The van der Waals surface area contributed by atoms with Crippen molar-refractivity contribution in [2.75, 3.05) is 17.6 Å². The van der Waals surface area contributed by atoms with Crippen molar-refractivity contribution in [3.8, 4) is 5.88 Å². The number of nitrogens with one attached hydrogen (secondary N) is 1. The minimum atomic E-state index is -4.09. The highest BCUT2D eigenvalue weighted by atomic mass is 35.5. The number of aromatic nitrogens is 3. The number of hydrogen-bond donors (Lipinski definition) is 1. The second-order valence-corrected chi connectivity index (χ2v) is 9.11. The molecule has 3 aromatic rings. The Morgan fingerprint density at radius 2 is 2.00 bits per heavy atom. The van der Waals surface area contributed by atoms with E-state index in [-0.39, 0.29) is 38.2 Å². The maximum Gasteiger partial charge on any atom is 0.264 e. The zero-order chi connectivity index (χ0) is 21.7. The largest absolute Gasteiger partial charge is 0.478 e. The van der Waals surface area contributed by atoms with Gasteiger partial charge in [0, 0.05) is 18.0 Å². The van der Waals surface area contributed by atoms with Crippen LogP contribution in [0, 0.1) is 0 Å². The molecular weight excluding hydrogens is 471 g/mol. The van der Waals surface area contributed by atoms with Gasteiger partial charge in [0.25, 0.3) is 15.9 Å². The van der Waals surface area contributed by atoms with E-state index >= 15 is 0 Å². The quantitative estimate of drug-likeness (QED) is 0.377. The molecule has 2 heterocycles. The van der Waals surface area contributed by atoms with Crippen molar-refractivity contribution < 1.29 is 17.9 Å². The van der Waals surface area contributed by atoms with Crippen LogP contribution in [0.2, 0.25) is 10.0 Å². The number of carbonyl (C=O) groups is 1. The molecule has 30 heavy (non-hydrogen) atoms. The molecule has 1 N–H and O–H groups in total. The zero-order valence-corrected chi connectivity index (χ0v) is 18.5. The number of pyridine rings is 1. The van der Waals surface area contributed by atoms with Gasteiger partial charge in [0.1, 0.15) is 9.92 Å². The molecule has 0 saturated heterocycles. The van der Waals surface area contributed by atoms with Gasteiger partial charge in [-0.1, -0.05) is 41.0 Å². The molecule has 2 aromatic heterocycles. The van der Waals surface area contributed by atoms with Crippen molar-refractivity contribution in [1.82, 2.24) is 15.0 Å². The monoisotopic (exact) mass is 484 g/mol. The standard InChI is InChI=1S/C18H14Cl2N4O4S2/c1-28-18-17(24-30(26,27)14-6-2-5-12(19)16(14)20)22-9-15(23-18)29-10-13(25)11-4-3-7-21-8-11/h2-9H,10H2,1H3,(H,22,24). The lowest BCUT2D eigenvalue weighted by Crippen LogP contribution is -2.16. The Hall–Kier alpha value is -2.40. The number of carbonyl (C=O) groups excluding carboxylic acids is 1. The summed E-state index contributed by atoms with van der Waals surface area (Å²) in [7, 11) is -2.77. The lowest BCUT2D eigenvalue weighted by Gasteiger charge is -2.12. The van der Waals surface area contributed by atoms with E-state index in [1.807, 2.05) is 0 Å². The van der Waals surface area contributed by atoms with Crippen molar-refractivity contribution in [3.63, 3.8) is 0 Å². The molecule has 0 atom stereocenters. The molecular formula is C18H14Cl2N4O4S2. The number of hydrogen-bond acceptors (Lipinski definition) is 8. The van der Waals surface area contributed by atoms with Gasteiger partial charge in [0.2, 0.25) is 5.82 Å². The molecule has 0 aliphatic carbocycles. The van der Waals surface area contributed by atoms with Gasteiger partial charge in [0.05, 0.1) is 29.1 Å². The molecule has 156 valence electrons. The number of rotatable bonds is 8. The third-order valence-electron chi connectivity index (χ3n) is 3.68. The summed E-state index contributed by atoms with van der Waals surface area (Å²) in [6, 6.07) is 7.59. The van der Waals surface area contributed by atoms with Crippen LogP contribution in [0.5, 0.6) is 5.88 Å². The molecule has 12 heteroatoms. The maximum atomic E-state index is 12.7. The van der Waals surface area contributed by atoms with E-state index in [1.165, 1.54) is 37.7 Å². The second kappa shape index (κ2) is 9.61. The summed E-state index contributed by atoms with van der Waals surface area (Å²) in [4.78, 5) is 24.2. The van der Waals surface area contributed by atoms with E-state index in [4.69, 9.17) is 27.9 Å². The summed E-state index contributed by atoms with van der Waals surface area (Å²) in [5.41, 5.74) is 0.479. The fourth-order valence-corrected chi connectivity index (χ4v) is 4.75. The minimum Gasteiger partial charge on any atom is -0.478 e. The molecule has 8 nitrogen and oxygen atoms in total. The normalized spacial score (nSPS) is 11.2. The smallest absolute Gasteiger partial charge is 0.264 e. The van der Waals surface area contributed by atoms with E-state index in [1.54, 1.807) is 18.3 Å². The predicted octanol–water partition coefficient (Wildman–Crippen LogP) is 3.96. The van der Waals surface area contributed by atoms with Gasteiger partial charge in [-0.15, -0.1) is 0 Å². The van der Waals surface area contributed by atoms with Gasteiger partial charge in [-0.25, -0.2) is 18.4 Å². The molecule has 0 fully saturated rings. The fourth-order valence-electron chi connectivity index (χ4n) is 2.26. The third-order valence-corrected chi connectivity index (χ3v) is 6.89. The van der Waals surface area contributed by atoms with Gasteiger partial charge < -0.3 is 4.74 Å². The number of ketones is 1. The van der Waals surface area contributed by atoms with Gasteiger partial charge in [0.15, 0.2) is 5.78 Å². The van der Waals surface area contributed by atoms with Crippen molar-refractivity contribution in [2.45, 2.75) is 9.92 Å². The Balaban J connectivity index is 1.77. The zero-order valence-electron chi connectivity index (χ0n) is 15.4. The summed E-state index contributed by atoms with van der Waals surface area (Å²) < 4.78 is 32.8. The third kappa shape index (κ3) is 5.20. The number of nitrogens with zero attached hydrogens (tertiary/aromatic N) is 3. The number of halogens is 2. The van der Waals surface area contributed by atoms with E-state index < -0.39 is 10.0 Å². The Kier molecular flexibility index (Phi) is 7.14. The number of Topliss-reactive ketones (excluding diaryl/α,β-unsaturated/α-hetero) is 1. The summed E-state index contributed by atoms with van der Waals surface area (Å²) in [6.07, 6.45) is 4.39. The molecule has 0 amide bonds. The number of sulfonamides is 1. The topological polar surface area (TPSA) is 111 Å². The van der Waals surface area contributed by atoms with Crippen LogP contribution in [0.1, 0.15) is 10.4 Å². The van der Waals surface area contributed by atoms with E-state index in [0.29, 0.717) is 10.6 Å². The highest BCUT2D eigenvalue weighted by molar-refractivity contribution is 7.99. The van der Waals surface area contributed by atoms with Gasteiger partial charge in [-0.2, -0.15) is 0 Å². The van der Waals surface area contributed by atoms with Crippen molar-refractivity contribution >= 4 is 56.6 Å². The average Bonchev–Trinajstić information content (AvgIpc) is 2.75. The SMILES string of the molecule is COc1nc(SCC(=O)c2cccnc2)cnc1NS(=O)(=O)c1cccc(Cl)c1Cl. The van der Waals surface area contributed by atoms with Crippen molar-refractivity contribution in [3.05, 3.63) is 64.5 Å².